The summed E-state index contributed by atoms with van der Waals surface area (Å²) in [5, 5.41) is 0.564. The molecule has 0 saturated carbocycles. The summed E-state index contributed by atoms with van der Waals surface area (Å²) in [5.41, 5.74) is 0.775. The van der Waals surface area contributed by atoms with Crippen LogP contribution < -0.4 is 9.64 Å². The third-order valence-corrected chi connectivity index (χ3v) is 8.32. The van der Waals surface area contributed by atoms with Crippen LogP contribution in [0.5, 0.6) is 5.75 Å². The number of sulfone groups is 1. The van der Waals surface area contributed by atoms with E-state index in [2.05, 4.69) is 9.88 Å². The zero-order valence-corrected chi connectivity index (χ0v) is 20.1. The van der Waals surface area contributed by atoms with Crippen molar-refractivity contribution in [2.75, 3.05) is 57.2 Å². The molecular weight excluding hydrogens is 462 g/mol. The molecule has 1 aliphatic heterocycles. The largest absolute Gasteiger partial charge is 0.497 e. The molecule has 8 nitrogen and oxygen atoms in total. The van der Waals surface area contributed by atoms with Crippen LogP contribution in [0.2, 0.25) is 0 Å². The Balaban J connectivity index is 1.53. The van der Waals surface area contributed by atoms with Crippen LogP contribution in [0, 0.1) is 0 Å². The van der Waals surface area contributed by atoms with E-state index < -0.39 is 9.84 Å². The highest BCUT2D eigenvalue weighted by Crippen LogP contribution is 2.32. The minimum absolute atomic E-state index is 0.112. The van der Waals surface area contributed by atoms with Gasteiger partial charge in [0.1, 0.15) is 5.75 Å². The van der Waals surface area contributed by atoms with E-state index in [4.69, 9.17) is 9.47 Å². The maximum absolute atomic E-state index is 13.3. The first-order valence-corrected chi connectivity index (χ1v) is 13.3. The van der Waals surface area contributed by atoms with Crippen molar-refractivity contribution in [3.63, 3.8) is 0 Å². The van der Waals surface area contributed by atoms with Gasteiger partial charge in [-0.1, -0.05) is 29.5 Å². The van der Waals surface area contributed by atoms with E-state index in [-0.39, 0.29) is 23.0 Å². The van der Waals surface area contributed by atoms with Gasteiger partial charge in [-0.15, -0.1) is 0 Å². The SMILES string of the molecule is COc1ccc2nc(N(CCN3CCOCC3)C(=O)CCS(=O)(=O)c3ccccc3)sc2c1. The molecule has 0 bridgehead atoms. The smallest absolute Gasteiger partial charge is 0.229 e. The molecule has 0 aliphatic carbocycles. The van der Waals surface area contributed by atoms with Gasteiger partial charge in [0, 0.05) is 32.6 Å². The molecule has 1 amide bonds. The van der Waals surface area contributed by atoms with Crippen LogP contribution in [0.3, 0.4) is 0 Å². The minimum atomic E-state index is -3.55. The summed E-state index contributed by atoms with van der Waals surface area (Å²) in [5.74, 6) is 0.217. The maximum atomic E-state index is 13.3. The normalized spacial score (nSPS) is 14.9. The Kier molecular flexibility index (Phi) is 7.59. The van der Waals surface area contributed by atoms with Gasteiger partial charge in [-0.05, 0) is 30.3 Å². The Morgan fingerprint density at radius 3 is 2.67 bits per heavy atom. The molecule has 176 valence electrons. The van der Waals surface area contributed by atoms with Crippen molar-refractivity contribution in [2.45, 2.75) is 11.3 Å². The number of nitrogens with zero attached hydrogens (tertiary/aromatic N) is 3. The average molecular weight is 490 g/mol. The van der Waals surface area contributed by atoms with Crippen LogP contribution in [0.4, 0.5) is 5.13 Å². The Morgan fingerprint density at radius 2 is 1.94 bits per heavy atom. The lowest BCUT2D eigenvalue weighted by atomic mass is 10.3. The number of thiazole rings is 1. The molecule has 1 fully saturated rings. The molecule has 0 unspecified atom stereocenters. The summed E-state index contributed by atoms with van der Waals surface area (Å²) < 4.78 is 37.0. The first kappa shape index (κ1) is 23.6. The highest BCUT2D eigenvalue weighted by molar-refractivity contribution is 7.91. The monoisotopic (exact) mass is 489 g/mol. The quantitative estimate of drug-likeness (QED) is 0.457. The van der Waals surface area contributed by atoms with Gasteiger partial charge in [-0.25, -0.2) is 13.4 Å². The summed E-state index contributed by atoms with van der Waals surface area (Å²) in [4.78, 5) is 22.0. The van der Waals surface area contributed by atoms with Crippen molar-refractivity contribution < 1.29 is 22.7 Å². The Morgan fingerprint density at radius 1 is 1.18 bits per heavy atom. The van der Waals surface area contributed by atoms with Crippen LogP contribution >= 0.6 is 11.3 Å². The highest BCUT2D eigenvalue weighted by Gasteiger charge is 2.24. The number of fused-ring (bicyclic) bond motifs is 1. The molecule has 0 atom stereocenters. The van der Waals surface area contributed by atoms with Gasteiger partial charge >= 0.3 is 0 Å². The zero-order valence-electron chi connectivity index (χ0n) is 18.5. The lowest BCUT2D eigenvalue weighted by Gasteiger charge is -2.29. The molecule has 2 heterocycles. The Labute approximate surface area is 197 Å². The predicted molar refractivity (Wildman–Crippen MR) is 129 cm³/mol. The fraction of sp³-hybridized carbons (Fsp3) is 0.391. The first-order valence-electron chi connectivity index (χ1n) is 10.8. The molecule has 0 radical (unpaired) electrons. The van der Waals surface area contributed by atoms with E-state index in [1.54, 1.807) is 42.3 Å². The minimum Gasteiger partial charge on any atom is -0.497 e. The molecular formula is C23H27N3O5S2. The number of aromatic nitrogens is 1. The summed E-state index contributed by atoms with van der Waals surface area (Å²) in [6, 6.07) is 13.8. The van der Waals surface area contributed by atoms with Crippen LogP contribution in [0.25, 0.3) is 10.2 Å². The molecule has 4 rings (SSSR count). The second kappa shape index (κ2) is 10.6. The van der Waals surface area contributed by atoms with Crippen LogP contribution in [0.15, 0.2) is 53.4 Å². The number of morpholine rings is 1. The predicted octanol–water partition coefficient (Wildman–Crippen LogP) is 2.83. The topological polar surface area (TPSA) is 89.0 Å². The van der Waals surface area contributed by atoms with Crippen molar-refractivity contribution >= 4 is 42.4 Å². The lowest BCUT2D eigenvalue weighted by Crippen LogP contribution is -2.43. The number of ether oxygens (including phenoxy) is 2. The number of rotatable bonds is 9. The molecule has 10 heteroatoms. The van der Waals surface area contributed by atoms with Crippen molar-refractivity contribution in [3.8, 4) is 5.75 Å². The number of carbonyl (C=O) groups excluding carboxylic acids is 1. The van der Waals surface area contributed by atoms with Gasteiger partial charge in [0.15, 0.2) is 15.0 Å². The fourth-order valence-electron chi connectivity index (χ4n) is 3.63. The van der Waals surface area contributed by atoms with Gasteiger partial charge in [-0.2, -0.15) is 0 Å². The van der Waals surface area contributed by atoms with Gasteiger partial charge in [0.05, 0.1) is 41.2 Å². The van der Waals surface area contributed by atoms with Gasteiger partial charge in [0.2, 0.25) is 5.91 Å². The van der Waals surface area contributed by atoms with E-state index in [9.17, 15) is 13.2 Å². The molecule has 0 N–H and O–H groups in total. The molecule has 3 aromatic rings. The van der Waals surface area contributed by atoms with Gasteiger partial charge < -0.3 is 9.47 Å². The molecule has 2 aromatic carbocycles. The van der Waals surface area contributed by atoms with Crippen molar-refractivity contribution in [2.24, 2.45) is 0 Å². The van der Waals surface area contributed by atoms with E-state index in [0.29, 0.717) is 31.4 Å². The number of benzene rings is 2. The molecule has 1 aromatic heterocycles. The standard InChI is InChI=1S/C23H27N3O5S2/c1-30-18-7-8-20-21(17-18)32-23(24-20)26(11-10-25-12-14-31-15-13-25)22(27)9-16-33(28,29)19-5-3-2-4-6-19/h2-8,17H,9-16H2,1H3. The zero-order chi connectivity index (χ0) is 23.3. The maximum Gasteiger partial charge on any atom is 0.229 e. The van der Waals surface area contributed by atoms with E-state index >= 15 is 0 Å². The number of anilines is 1. The summed E-state index contributed by atoms with van der Waals surface area (Å²) in [6.45, 7) is 4.05. The summed E-state index contributed by atoms with van der Waals surface area (Å²) >= 11 is 1.40. The Hall–Kier alpha value is -2.53. The fourth-order valence-corrected chi connectivity index (χ4v) is 5.92. The van der Waals surface area contributed by atoms with Crippen LogP contribution in [-0.4, -0.2) is 76.5 Å². The summed E-state index contributed by atoms with van der Waals surface area (Å²) in [6.07, 6.45) is -0.112. The van der Waals surface area contributed by atoms with Crippen LogP contribution in [-0.2, 0) is 19.4 Å². The first-order chi connectivity index (χ1) is 16.0. The van der Waals surface area contributed by atoms with E-state index in [0.717, 1.165) is 29.1 Å². The third-order valence-electron chi connectivity index (χ3n) is 5.55. The van der Waals surface area contributed by atoms with E-state index in [1.807, 2.05) is 18.2 Å². The second-order valence-electron chi connectivity index (χ2n) is 7.71. The average Bonchev–Trinajstić information content (AvgIpc) is 3.27. The number of amides is 1. The molecule has 0 spiro atoms. The third kappa shape index (κ3) is 5.89. The van der Waals surface area contributed by atoms with E-state index in [1.165, 1.54) is 11.3 Å². The lowest BCUT2D eigenvalue weighted by molar-refractivity contribution is -0.118. The number of methoxy groups -OCH3 is 1. The van der Waals surface area contributed by atoms with Gasteiger partial charge in [-0.3, -0.25) is 14.6 Å². The molecule has 33 heavy (non-hydrogen) atoms. The second-order valence-corrected chi connectivity index (χ2v) is 10.8. The molecule has 1 aliphatic rings. The molecule has 1 saturated heterocycles. The number of hydrogen-bond donors (Lipinski definition) is 0. The van der Waals surface area contributed by atoms with Crippen molar-refractivity contribution in [1.29, 1.82) is 0 Å². The van der Waals surface area contributed by atoms with Gasteiger partial charge in [0.25, 0.3) is 0 Å². The number of carbonyl (C=O) groups is 1. The highest BCUT2D eigenvalue weighted by atomic mass is 32.2. The van der Waals surface area contributed by atoms with Crippen molar-refractivity contribution in [1.82, 2.24) is 9.88 Å². The van der Waals surface area contributed by atoms with Crippen LogP contribution in [0.1, 0.15) is 6.42 Å². The van der Waals surface area contributed by atoms with Crippen molar-refractivity contribution in [3.05, 3.63) is 48.5 Å². The number of hydrogen-bond acceptors (Lipinski definition) is 8. The Bertz CT molecular complexity index is 1190. The summed E-state index contributed by atoms with van der Waals surface area (Å²) in [7, 11) is -1.94.